The number of benzene rings is 1. The van der Waals surface area contributed by atoms with Crippen LogP contribution in [0.1, 0.15) is 18.4 Å². The minimum Gasteiger partial charge on any atom is -0.480 e. The topological polar surface area (TPSA) is 122 Å². The molecule has 3 N–H and O–H groups in total. The van der Waals surface area contributed by atoms with Crippen LogP contribution in [0, 0.1) is 11.8 Å². The molecule has 4 rings (SSSR count). The first-order valence-electron chi connectivity index (χ1n) is 10.8. The highest BCUT2D eigenvalue weighted by atomic mass is 16.5. The third-order valence-corrected chi connectivity index (χ3v) is 6.56. The van der Waals surface area contributed by atoms with E-state index in [-0.39, 0.29) is 24.5 Å². The number of nitrogens with two attached hydrogens (primary N) is 1. The van der Waals surface area contributed by atoms with Crippen molar-refractivity contribution in [3.8, 4) is 5.75 Å². The van der Waals surface area contributed by atoms with E-state index in [1.807, 2.05) is 11.9 Å². The molecule has 5 atom stereocenters. The van der Waals surface area contributed by atoms with Crippen LogP contribution in [0.2, 0.25) is 0 Å². The maximum Gasteiger partial charge on any atom is 0.320 e. The van der Waals surface area contributed by atoms with E-state index < -0.39 is 29.8 Å². The van der Waals surface area contributed by atoms with Gasteiger partial charge in [-0.25, -0.2) is 0 Å². The molecule has 3 heterocycles. The van der Waals surface area contributed by atoms with Gasteiger partial charge >= 0.3 is 11.9 Å². The van der Waals surface area contributed by atoms with E-state index >= 15 is 0 Å². The van der Waals surface area contributed by atoms with E-state index in [4.69, 9.17) is 20.3 Å². The van der Waals surface area contributed by atoms with Gasteiger partial charge in [-0.2, -0.15) is 0 Å². The smallest absolute Gasteiger partial charge is 0.320 e. The fraction of sp³-hybridized carbons (Fsp3) is 0.591. The SMILES string of the molecule is CN1CCN(C(=O)C2C(C(=O)Oc3ccc(CC(N)C(=O)O)cc3)[C@H]3CC[C@H]2O3)CC1. The van der Waals surface area contributed by atoms with Gasteiger partial charge in [-0.1, -0.05) is 12.1 Å². The summed E-state index contributed by atoms with van der Waals surface area (Å²) in [6.07, 6.45) is 1.22. The molecule has 3 aliphatic heterocycles. The lowest BCUT2D eigenvalue weighted by molar-refractivity contribution is -0.149. The van der Waals surface area contributed by atoms with Gasteiger partial charge in [0.15, 0.2) is 0 Å². The zero-order valence-corrected chi connectivity index (χ0v) is 17.6. The van der Waals surface area contributed by atoms with Gasteiger partial charge in [0.1, 0.15) is 11.8 Å². The Morgan fingerprint density at radius 2 is 1.71 bits per heavy atom. The molecule has 31 heavy (non-hydrogen) atoms. The zero-order chi connectivity index (χ0) is 22.1. The number of piperazine rings is 1. The number of hydrogen-bond acceptors (Lipinski definition) is 7. The van der Waals surface area contributed by atoms with Crippen molar-refractivity contribution >= 4 is 17.8 Å². The minimum absolute atomic E-state index is 0.0137. The van der Waals surface area contributed by atoms with Gasteiger partial charge in [-0.15, -0.1) is 0 Å². The molecule has 1 amide bonds. The van der Waals surface area contributed by atoms with Crippen molar-refractivity contribution in [2.24, 2.45) is 17.6 Å². The number of esters is 1. The van der Waals surface area contributed by atoms with E-state index in [2.05, 4.69) is 4.90 Å². The molecule has 3 saturated heterocycles. The van der Waals surface area contributed by atoms with Gasteiger partial charge in [0, 0.05) is 26.2 Å². The number of carboxylic acid groups (broad SMARTS) is 1. The predicted molar refractivity (Wildman–Crippen MR) is 110 cm³/mol. The Balaban J connectivity index is 1.42. The third-order valence-electron chi connectivity index (χ3n) is 6.56. The standard InChI is InChI=1S/C22H29N3O6/c1-24-8-10-25(11-9-24)20(26)18-16-6-7-17(31-16)19(18)22(29)30-14-4-2-13(3-5-14)12-15(23)21(27)28/h2-5,15-19H,6-12,23H2,1H3,(H,27,28)/t15?,16-,17-,18?,19?/m1/s1. The molecular formula is C22H29N3O6. The number of rotatable bonds is 6. The van der Waals surface area contributed by atoms with Crippen LogP contribution in [0.15, 0.2) is 24.3 Å². The summed E-state index contributed by atoms with van der Waals surface area (Å²) in [5.74, 6) is -2.28. The van der Waals surface area contributed by atoms with E-state index in [0.717, 1.165) is 31.5 Å². The van der Waals surface area contributed by atoms with Crippen LogP contribution in [0.3, 0.4) is 0 Å². The van der Waals surface area contributed by atoms with Crippen molar-refractivity contribution in [1.29, 1.82) is 0 Å². The van der Waals surface area contributed by atoms with Gasteiger partial charge in [0.05, 0.1) is 24.0 Å². The summed E-state index contributed by atoms with van der Waals surface area (Å²) in [4.78, 5) is 41.2. The summed E-state index contributed by atoms with van der Waals surface area (Å²) >= 11 is 0. The zero-order valence-electron chi connectivity index (χ0n) is 17.6. The van der Waals surface area contributed by atoms with Crippen LogP contribution in [-0.2, 0) is 25.5 Å². The molecule has 0 spiro atoms. The number of likely N-dealkylation sites (N-methyl/N-ethyl adjacent to an activating group) is 1. The van der Waals surface area contributed by atoms with Crippen molar-refractivity contribution in [2.45, 2.75) is 37.5 Å². The molecule has 168 valence electrons. The summed E-state index contributed by atoms with van der Waals surface area (Å²) in [6, 6.07) is 5.63. The average molecular weight is 431 g/mol. The van der Waals surface area contributed by atoms with E-state index in [1.165, 1.54) is 0 Å². The number of aliphatic carboxylic acids is 1. The van der Waals surface area contributed by atoms with Crippen LogP contribution in [0.4, 0.5) is 0 Å². The first-order chi connectivity index (χ1) is 14.8. The minimum atomic E-state index is -1.07. The highest BCUT2D eigenvalue weighted by Gasteiger charge is 2.57. The summed E-state index contributed by atoms with van der Waals surface area (Å²) in [6.45, 7) is 2.96. The molecule has 0 radical (unpaired) electrons. The Morgan fingerprint density at radius 1 is 1.10 bits per heavy atom. The normalized spacial score (nSPS) is 29.0. The number of carbonyl (C=O) groups excluding carboxylic acids is 2. The second kappa shape index (κ2) is 8.94. The first kappa shape index (κ1) is 21.7. The molecule has 0 aliphatic carbocycles. The molecule has 0 saturated carbocycles. The predicted octanol–water partition coefficient (Wildman–Crippen LogP) is 0.114. The van der Waals surface area contributed by atoms with Crippen LogP contribution in [0.25, 0.3) is 0 Å². The number of carbonyl (C=O) groups is 3. The number of carboxylic acids is 1. The number of nitrogens with zero attached hydrogens (tertiary/aromatic N) is 2. The van der Waals surface area contributed by atoms with Gasteiger partial charge in [0.2, 0.25) is 5.91 Å². The summed E-state index contributed by atoms with van der Waals surface area (Å²) in [5, 5.41) is 8.93. The van der Waals surface area contributed by atoms with Gasteiger partial charge in [0.25, 0.3) is 0 Å². The highest BCUT2D eigenvalue weighted by Crippen LogP contribution is 2.45. The second-order valence-corrected chi connectivity index (χ2v) is 8.68. The van der Waals surface area contributed by atoms with E-state index in [9.17, 15) is 14.4 Å². The maximum absolute atomic E-state index is 13.2. The van der Waals surface area contributed by atoms with Gasteiger partial charge in [-0.05, 0) is 44.0 Å². The number of ether oxygens (including phenoxy) is 2. The molecule has 2 bridgehead atoms. The van der Waals surface area contributed by atoms with Crippen LogP contribution < -0.4 is 10.5 Å². The Labute approximate surface area is 181 Å². The molecular weight excluding hydrogens is 402 g/mol. The quantitative estimate of drug-likeness (QED) is 0.481. The van der Waals surface area contributed by atoms with Gasteiger partial charge in [-0.3, -0.25) is 14.4 Å². The Morgan fingerprint density at radius 3 is 2.32 bits per heavy atom. The van der Waals surface area contributed by atoms with Gasteiger partial charge < -0.3 is 30.1 Å². The third kappa shape index (κ3) is 4.58. The molecule has 0 aromatic heterocycles. The summed E-state index contributed by atoms with van der Waals surface area (Å²) in [5.41, 5.74) is 6.30. The fourth-order valence-electron chi connectivity index (χ4n) is 4.75. The molecule has 1 aromatic rings. The lowest BCUT2D eigenvalue weighted by Crippen LogP contribution is -2.52. The monoisotopic (exact) mass is 431 g/mol. The van der Waals surface area contributed by atoms with Crippen LogP contribution in [0.5, 0.6) is 5.75 Å². The van der Waals surface area contributed by atoms with Crippen molar-refractivity contribution in [3.05, 3.63) is 29.8 Å². The lowest BCUT2D eigenvalue weighted by atomic mass is 9.78. The van der Waals surface area contributed by atoms with Crippen molar-refractivity contribution in [3.63, 3.8) is 0 Å². The van der Waals surface area contributed by atoms with Crippen LogP contribution in [-0.4, -0.2) is 84.2 Å². The number of amides is 1. The van der Waals surface area contributed by atoms with E-state index in [0.29, 0.717) is 18.8 Å². The molecule has 3 fully saturated rings. The van der Waals surface area contributed by atoms with Crippen molar-refractivity contribution in [1.82, 2.24) is 9.80 Å². The molecule has 3 aliphatic rings. The van der Waals surface area contributed by atoms with Crippen molar-refractivity contribution in [2.75, 3.05) is 33.2 Å². The number of fused-ring (bicyclic) bond motifs is 2. The fourth-order valence-corrected chi connectivity index (χ4v) is 4.75. The first-order valence-corrected chi connectivity index (χ1v) is 10.8. The molecule has 9 nitrogen and oxygen atoms in total. The summed E-state index contributed by atoms with van der Waals surface area (Å²) in [7, 11) is 2.03. The molecule has 3 unspecified atom stereocenters. The second-order valence-electron chi connectivity index (χ2n) is 8.68. The Kier molecular flexibility index (Phi) is 6.27. The molecule has 9 heteroatoms. The largest absolute Gasteiger partial charge is 0.480 e. The van der Waals surface area contributed by atoms with Crippen LogP contribution >= 0.6 is 0 Å². The van der Waals surface area contributed by atoms with Crippen molar-refractivity contribution < 1.29 is 29.0 Å². The average Bonchev–Trinajstić information content (AvgIpc) is 3.37. The maximum atomic E-state index is 13.2. The Bertz CT molecular complexity index is 836. The Hall–Kier alpha value is -2.49. The summed E-state index contributed by atoms with van der Waals surface area (Å²) < 4.78 is 11.5. The number of hydrogen-bond donors (Lipinski definition) is 2. The highest BCUT2D eigenvalue weighted by molar-refractivity contribution is 5.88. The van der Waals surface area contributed by atoms with E-state index in [1.54, 1.807) is 24.3 Å². The molecule has 1 aromatic carbocycles. The lowest BCUT2D eigenvalue weighted by Gasteiger charge is -2.36.